The van der Waals surface area contributed by atoms with Gasteiger partial charge in [-0.2, -0.15) is 4.57 Å². The average Bonchev–Trinajstić information content (AvgIpc) is 2.25. The van der Waals surface area contributed by atoms with E-state index in [2.05, 4.69) is 53.5 Å². The fraction of sp³-hybridized carbons (Fsp3) is 0.0909. The Kier molecular flexibility index (Phi) is 3.49. The Labute approximate surface area is 105 Å². The smallest absolute Gasteiger partial charge is 0.236 e. The normalized spacial score (nSPS) is 10.3. The van der Waals surface area contributed by atoms with Crippen molar-refractivity contribution in [1.82, 2.24) is 4.98 Å². The van der Waals surface area contributed by atoms with Gasteiger partial charge in [0.25, 0.3) is 4.60 Å². The standard InChI is InChI=1S/C11H9Br2N2/c12-10-8-15(11(13)6-14-10)7-9-4-2-1-3-5-9/h1-6,8H,7H2/q+1. The third-order valence-corrected chi connectivity index (χ3v) is 3.10. The highest BCUT2D eigenvalue weighted by atomic mass is 79.9. The minimum Gasteiger partial charge on any atom is -0.236 e. The van der Waals surface area contributed by atoms with Gasteiger partial charge in [0.15, 0.2) is 11.1 Å². The predicted molar refractivity (Wildman–Crippen MR) is 65.4 cm³/mol. The van der Waals surface area contributed by atoms with Crippen LogP contribution in [0.5, 0.6) is 0 Å². The van der Waals surface area contributed by atoms with Gasteiger partial charge in [0.05, 0.1) is 0 Å². The Morgan fingerprint density at radius 1 is 1.13 bits per heavy atom. The van der Waals surface area contributed by atoms with Gasteiger partial charge in [-0.3, -0.25) is 0 Å². The summed E-state index contributed by atoms with van der Waals surface area (Å²) in [6.45, 7) is 0.836. The number of hydrogen-bond donors (Lipinski definition) is 0. The lowest BCUT2D eigenvalue weighted by molar-refractivity contribution is -0.700. The van der Waals surface area contributed by atoms with E-state index in [1.54, 1.807) is 6.20 Å². The van der Waals surface area contributed by atoms with Gasteiger partial charge in [0, 0.05) is 21.5 Å². The topological polar surface area (TPSA) is 16.8 Å². The molecule has 0 amide bonds. The van der Waals surface area contributed by atoms with Crippen LogP contribution < -0.4 is 4.57 Å². The third kappa shape index (κ3) is 2.86. The van der Waals surface area contributed by atoms with Gasteiger partial charge in [0.2, 0.25) is 6.20 Å². The SMILES string of the molecule is Brc1c[n+](Cc2ccccc2)c(Br)cn1. The van der Waals surface area contributed by atoms with Crippen molar-refractivity contribution in [1.29, 1.82) is 0 Å². The largest absolute Gasteiger partial charge is 0.266 e. The van der Waals surface area contributed by atoms with E-state index in [1.807, 2.05) is 24.4 Å². The van der Waals surface area contributed by atoms with E-state index in [-0.39, 0.29) is 0 Å². The minimum absolute atomic E-state index is 0.835. The molecule has 15 heavy (non-hydrogen) atoms. The molecule has 1 aromatic carbocycles. The maximum atomic E-state index is 4.13. The molecule has 1 heterocycles. The average molecular weight is 329 g/mol. The Hall–Kier alpha value is -0.740. The summed E-state index contributed by atoms with van der Waals surface area (Å²) in [5.41, 5.74) is 1.27. The number of nitrogens with zero attached hydrogens (tertiary/aromatic N) is 2. The summed E-state index contributed by atoms with van der Waals surface area (Å²) in [6, 6.07) is 10.3. The number of rotatable bonds is 2. The van der Waals surface area contributed by atoms with Crippen molar-refractivity contribution in [2.45, 2.75) is 6.54 Å². The molecule has 0 aliphatic heterocycles. The summed E-state index contributed by atoms with van der Waals surface area (Å²) >= 11 is 6.82. The summed E-state index contributed by atoms with van der Waals surface area (Å²) in [4.78, 5) is 4.13. The van der Waals surface area contributed by atoms with Crippen molar-refractivity contribution >= 4 is 31.9 Å². The lowest BCUT2D eigenvalue weighted by Gasteiger charge is -1.99. The highest BCUT2D eigenvalue weighted by molar-refractivity contribution is 9.10. The second-order valence-electron chi connectivity index (χ2n) is 3.15. The molecule has 0 radical (unpaired) electrons. The van der Waals surface area contributed by atoms with Gasteiger partial charge in [-0.05, 0) is 15.9 Å². The first kappa shape index (κ1) is 10.8. The molecule has 0 N–H and O–H groups in total. The molecular formula is C11H9Br2N2+. The Bertz CT molecular complexity index is 457. The van der Waals surface area contributed by atoms with Crippen molar-refractivity contribution in [3.05, 3.63) is 57.5 Å². The zero-order chi connectivity index (χ0) is 10.7. The quantitative estimate of drug-likeness (QED) is 0.774. The highest BCUT2D eigenvalue weighted by Crippen LogP contribution is 2.07. The molecular weight excluding hydrogens is 320 g/mol. The van der Waals surface area contributed by atoms with Crippen molar-refractivity contribution in [2.75, 3.05) is 0 Å². The van der Waals surface area contributed by atoms with Crippen molar-refractivity contribution in [2.24, 2.45) is 0 Å². The molecule has 2 aromatic rings. The number of benzene rings is 1. The zero-order valence-corrected chi connectivity index (χ0v) is 11.1. The maximum Gasteiger partial charge on any atom is 0.266 e. The highest BCUT2D eigenvalue weighted by Gasteiger charge is 2.09. The molecule has 4 heteroatoms. The first-order chi connectivity index (χ1) is 7.25. The van der Waals surface area contributed by atoms with Crippen LogP contribution in [-0.4, -0.2) is 4.98 Å². The van der Waals surface area contributed by atoms with Gasteiger partial charge in [-0.25, -0.2) is 4.98 Å². The summed E-state index contributed by atoms with van der Waals surface area (Å²) in [6.07, 6.45) is 3.74. The second-order valence-corrected chi connectivity index (χ2v) is 4.77. The molecule has 0 bridgehead atoms. The number of aromatic nitrogens is 2. The van der Waals surface area contributed by atoms with Crippen molar-refractivity contribution < 1.29 is 4.57 Å². The Balaban J connectivity index is 2.28. The van der Waals surface area contributed by atoms with Crippen LogP contribution in [0.1, 0.15) is 5.56 Å². The molecule has 0 atom stereocenters. The second kappa shape index (κ2) is 4.86. The summed E-state index contributed by atoms with van der Waals surface area (Å²) in [5.74, 6) is 0. The molecule has 2 rings (SSSR count). The van der Waals surface area contributed by atoms with Crippen LogP contribution in [0.2, 0.25) is 0 Å². The van der Waals surface area contributed by atoms with Crippen LogP contribution in [0.25, 0.3) is 0 Å². The van der Waals surface area contributed by atoms with Gasteiger partial charge < -0.3 is 0 Å². The van der Waals surface area contributed by atoms with E-state index in [1.165, 1.54) is 5.56 Å². The maximum absolute atomic E-state index is 4.13. The van der Waals surface area contributed by atoms with Crippen LogP contribution in [0, 0.1) is 0 Å². The van der Waals surface area contributed by atoms with Crippen molar-refractivity contribution in [3.8, 4) is 0 Å². The first-order valence-corrected chi connectivity index (χ1v) is 6.09. The molecule has 2 nitrogen and oxygen atoms in total. The monoisotopic (exact) mass is 327 g/mol. The van der Waals surface area contributed by atoms with E-state index in [0.29, 0.717) is 0 Å². The van der Waals surface area contributed by atoms with E-state index >= 15 is 0 Å². The number of halogens is 2. The molecule has 0 aliphatic carbocycles. The minimum atomic E-state index is 0.835. The van der Waals surface area contributed by atoms with Crippen LogP contribution in [-0.2, 0) is 6.54 Å². The van der Waals surface area contributed by atoms with E-state index in [9.17, 15) is 0 Å². The molecule has 76 valence electrons. The summed E-state index contributed by atoms with van der Waals surface area (Å²) in [5, 5.41) is 0. The van der Waals surface area contributed by atoms with Gasteiger partial charge >= 0.3 is 0 Å². The molecule has 0 aliphatic rings. The summed E-state index contributed by atoms with van der Waals surface area (Å²) in [7, 11) is 0. The van der Waals surface area contributed by atoms with Gasteiger partial charge in [-0.15, -0.1) is 0 Å². The Morgan fingerprint density at radius 3 is 2.60 bits per heavy atom. The lowest BCUT2D eigenvalue weighted by Crippen LogP contribution is -2.35. The van der Waals surface area contributed by atoms with Crippen molar-refractivity contribution in [3.63, 3.8) is 0 Å². The fourth-order valence-electron chi connectivity index (χ4n) is 1.31. The van der Waals surface area contributed by atoms with Crippen LogP contribution >= 0.6 is 31.9 Å². The third-order valence-electron chi connectivity index (χ3n) is 2.03. The van der Waals surface area contributed by atoms with Crippen LogP contribution in [0.4, 0.5) is 0 Å². The lowest BCUT2D eigenvalue weighted by atomic mass is 10.2. The van der Waals surface area contributed by atoms with E-state index < -0.39 is 0 Å². The zero-order valence-electron chi connectivity index (χ0n) is 7.90. The van der Waals surface area contributed by atoms with Crippen LogP contribution in [0.3, 0.4) is 0 Å². The first-order valence-electron chi connectivity index (χ1n) is 4.50. The fourth-order valence-corrected chi connectivity index (χ4v) is 1.99. The van der Waals surface area contributed by atoms with Gasteiger partial charge in [-0.1, -0.05) is 30.3 Å². The van der Waals surface area contributed by atoms with Crippen LogP contribution in [0.15, 0.2) is 51.9 Å². The predicted octanol–water partition coefficient (Wildman–Crippen LogP) is 2.94. The Morgan fingerprint density at radius 2 is 1.87 bits per heavy atom. The van der Waals surface area contributed by atoms with E-state index in [4.69, 9.17) is 0 Å². The van der Waals surface area contributed by atoms with Gasteiger partial charge in [0.1, 0.15) is 6.20 Å². The molecule has 0 unspecified atom stereocenters. The molecule has 1 aromatic heterocycles. The molecule has 0 saturated heterocycles. The van der Waals surface area contributed by atoms with E-state index in [0.717, 1.165) is 15.8 Å². The number of hydrogen-bond acceptors (Lipinski definition) is 1. The molecule has 0 saturated carbocycles. The molecule has 0 fully saturated rings. The summed E-state index contributed by atoms with van der Waals surface area (Å²) < 4.78 is 3.89. The molecule has 0 spiro atoms.